The van der Waals surface area contributed by atoms with Crippen LogP contribution in [0, 0.1) is 6.92 Å². The van der Waals surface area contributed by atoms with Crippen LogP contribution in [0.4, 0.5) is 5.69 Å². The molecule has 1 aliphatic rings. The summed E-state index contributed by atoms with van der Waals surface area (Å²) in [5.41, 5.74) is 4.73. The minimum atomic E-state index is -0.0561. The molecule has 0 saturated carbocycles. The van der Waals surface area contributed by atoms with Crippen molar-refractivity contribution in [3.8, 4) is 11.4 Å². The second-order valence-electron chi connectivity index (χ2n) is 6.31. The Morgan fingerprint density at radius 1 is 1.04 bits per heavy atom. The summed E-state index contributed by atoms with van der Waals surface area (Å²) in [5, 5.41) is 0. The molecule has 4 heteroatoms. The Hall–Kier alpha value is -2.72. The summed E-state index contributed by atoms with van der Waals surface area (Å²) in [6.07, 6.45) is 4.19. The van der Waals surface area contributed by atoms with Crippen LogP contribution in [0.5, 0.6) is 5.75 Å². The number of hydrogen-bond acceptors (Lipinski definition) is 3. The average Bonchev–Trinajstić information content (AvgIpc) is 3.31. The number of methoxy groups -OCH3 is 1. The van der Waals surface area contributed by atoms with Crippen molar-refractivity contribution >= 4 is 5.69 Å². The van der Waals surface area contributed by atoms with Crippen LogP contribution in [-0.4, -0.2) is 24.8 Å². The molecule has 128 valence electrons. The first-order valence-electron chi connectivity index (χ1n) is 8.52. The minimum absolute atomic E-state index is 0.0561. The zero-order valence-electron chi connectivity index (χ0n) is 14.6. The van der Waals surface area contributed by atoms with Gasteiger partial charge >= 0.3 is 0 Å². The van der Waals surface area contributed by atoms with E-state index in [9.17, 15) is 0 Å². The van der Waals surface area contributed by atoms with Gasteiger partial charge in [0.15, 0.2) is 6.23 Å². The van der Waals surface area contributed by atoms with Crippen molar-refractivity contribution in [1.29, 1.82) is 0 Å². The smallest absolute Gasteiger partial charge is 0.158 e. The quantitative estimate of drug-likeness (QED) is 0.710. The highest BCUT2D eigenvalue weighted by molar-refractivity contribution is 5.51. The molecule has 4 nitrogen and oxygen atoms in total. The van der Waals surface area contributed by atoms with Crippen LogP contribution in [0.3, 0.4) is 0 Å². The largest absolute Gasteiger partial charge is 0.497 e. The van der Waals surface area contributed by atoms with E-state index in [1.54, 1.807) is 7.11 Å². The monoisotopic (exact) mass is 334 g/mol. The molecule has 0 N–H and O–H groups in total. The number of hydrogen-bond donors (Lipinski definition) is 0. The van der Waals surface area contributed by atoms with E-state index in [-0.39, 0.29) is 6.23 Å². The second-order valence-corrected chi connectivity index (χ2v) is 6.31. The van der Waals surface area contributed by atoms with Gasteiger partial charge in [0.1, 0.15) is 5.75 Å². The lowest BCUT2D eigenvalue weighted by Gasteiger charge is -2.24. The van der Waals surface area contributed by atoms with Crippen molar-refractivity contribution in [2.24, 2.45) is 0 Å². The molecule has 2 heterocycles. The summed E-state index contributed by atoms with van der Waals surface area (Å²) < 4.78 is 13.4. The van der Waals surface area contributed by atoms with Crippen molar-refractivity contribution in [3.63, 3.8) is 0 Å². The van der Waals surface area contributed by atoms with Crippen molar-refractivity contribution in [1.82, 2.24) is 4.57 Å². The van der Waals surface area contributed by atoms with Crippen LogP contribution in [0.2, 0.25) is 0 Å². The molecule has 1 unspecified atom stereocenters. The lowest BCUT2D eigenvalue weighted by atomic mass is 10.2. The molecule has 0 amide bonds. The molecule has 0 aliphatic carbocycles. The fraction of sp³-hybridized carbons (Fsp3) is 0.238. The summed E-state index contributed by atoms with van der Waals surface area (Å²) in [7, 11) is 1.69. The zero-order chi connectivity index (χ0) is 17.2. The predicted octanol–water partition coefficient (Wildman–Crippen LogP) is 4.33. The van der Waals surface area contributed by atoms with E-state index in [2.05, 4.69) is 71.2 Å². The van der Waals surface area contributed by atoms with E-state index in [4.69, 9.17) is 9.47 Å². The van der Waals surface area contributed by atoms with Crippen LogP contribution in [0.15, 0.2) is 67.0 Å². The van der Waals surface area contributed by atoms with Crippen LogP contribution in [-0.2, 0) is 4.74 Å². The van der Waals surface area contributed by atoms with Gasteiger partial charge in [-0.1, -0.05) is 12.1 Å². The van der Waals surface area contributed by atoms with Crippen molar-refractivity contribution in [2.45, 2.75) is 13.2 Å². The topological polar surface area (TPSA) is 26.6 Å². The van der Waals surface area contributed by atoms with Crippen molar-refractivity contribution in [3.05, 3.63) is 78.1 Å². The van der Waals surface area contributed by atoms with Crippen LogP contribution < -0.4 is 9.64 Å². The molecule has 0 spiro atoms. The van der Waals surface area contributed by atoms with Gasteiger partial charge in [0.05, 0.1) is 13.7 Å². The van der Waals surface area contributed by atoms with Crippen LogP contribution in [0.1, 0.15) is 17.4 Å². The Kier molecular flexibility index (Phi) is 4.20. The van der Waals surface area contributed by atoms with Gasteiger partial charge in [-0.3, -0.25) is 0 Å². The summed E-state index contributed by atoms with van der Waals surface area (Å²) >= 11 is 0. The number of nitrogens with zero attached hydrogens (tertiary/aromatic N) is 2. The van der Waals surface area contributed by atoms with Crippen LogP contribution >= 0.6 is 0 Å². The van der Waals surface area contributed by atoms with Gasteiger partial charge in [0.2, 0.25) is 0 Å². The Morgan fingerprint density at radius 3 is 2.64 bits per heavy atom. The Balaban J connectivity index is 1.60. The van der Waals surface area contributed by atoms with Crippen LogP contribution in [0.25, 0.3) is 5.69 Å². The highest BCUT2D eigenvalue weighted by Crippen LogP contribution is 2.33. The predicted molar refractivity (Wildman–Crippen MR) is 99.5 cm³/mol. The number of ether oxygens (including phenoxy) is 2. The summed E-state index contributed by atoms with van der Waals surface area (Å²) in [4.78, 5) is 2.29. The molecule has 1 saturated heterocycles. The SMILES string of the molecule is COc1ccc(N2CCOC2c2ccn(-c3cccc(C)c3)c2)cc1. The minimum Gasteiger partial charge on any atom is -0.497 e. The van der Waals surface area contributed by atoms with Crippen molar-refractivity contribution < 1.29 is 9.47 Å². The standard InChI is InChI=1S/C21H22N2O2/c1-16-4-3-5-19(14-16)22-11-10-17(15-22)21-23(12-13-25-21)18-6-8-20(24-2)9-7-18/h3-11,14-15,21H,12-13H2,1-2H3. The first-order valence-corrected chi connectivity index (χ1v) is 8.52. The van der Waals surface area contributed by atoms with Gasteiger partial charge in [0.25, 0.3) is 0 Å². The summed E-state index contributed by atoms with van der Waals surface area (Å²) in [5.74, 6) is 0.867. The van der Waals surface area contributed by atoms with Crippen molar-refractivity contribution in [2.75, 3.05) is 25.2 Å². The third kappa shape index (κ3) is 3.13. The lowest BCUT2D eigenvalue weighted by Crippen LogP contribution is -2.22. The number of aryl methyl sites for hydroxylation is 1. The molecule has 4 rings (SSSR count). The van der Waals surface area contributed by atoms with Gasteiger partial charge in [0, 0.05) is 35.9 Å². The van der Waals surface area contributed by atoms with E-state index >= 15 is 0 Å². The van der Waals surface area contributed by atoms with E-state index in [1.807, 2.05) is 12.1 Å². The second kappa shape index (κ2) is 6.65. The first-order chi connectivity index (χ1) is 12.2. The van der Waals surface area contributed by atoms with E-state index in [1.165, 1.54) is 11.3 Å². The molecule has 1 aromatic heterocycles. The lowest BCUT2D eigenvalue weighted by molar-refractivity contribution is 0.114. The first kappa shape index (κ1) is 15.8. The molecular formula is C21H22N2O2. The maximum Gasteiger partial charge on any atom is 0.158 e. The van der Waals surface area contributed by atoms with E-state index in [0.717, 1.165) is 30.2 Å². The number of aromatic nitrogens is 1. The van der Waals surface area contributed by atoms with Gasteiger partial charge in [-0.05, 0) is 55.0 Å². The normalized spacial score (nSPS) is 17.0. The van der Waals surface area contributed by atoms with Gasteiger partial charge in [-0.15, -0.1) is 0 Å². The zero-order valence-corrected chi connectivity index (χ0v) is 14.6. The average molecular weight is 334 g/mol. The molecule has 2 aromatic carbocycles. The number of anilines is 1. The molecule has 0 bridgehead atoms. The molecule has 3 aromatic rings. The number of rotatable bonds is 4. The van der Waals surface area contributed by atoms with E-state index < -0.39 is 0 Å². The highest BCUT2D eigenvalue weighted by Gasteiger charge is 2.28. The highest BCUT2D eigenvalue weighted by atomic mass is 16.5. The third-order valence-corrected chi connectivity index (χ3v) is 4.60. The molecule has 25 heavy (non-hydrogen) atoms. The molecule has 1 atom stereocenters. The Morgan fingerprint density at radius 2 is 1.88 bits per heavy atom. The molecule has 1 aliphatic heterocycles. The maximum atomic E-state index is 6.02. The summed E-state index contributed by atoms with van der Waals surface area (Å²) in [6, 6.07) is 18.8. The van der Waals surface area contributed by atoms with E-state index in [0.29, 0.717) is 0 Å². The maximum absolute atomic E-state index is 6.02. The summed E-state index contributed by atoms with van der Waals surface area (Å²) in [6.45, 7) is 3.72. The van der Waals surface area contributed by atoms with Gasteiger partial charge < -0.3 is 18.9 Å². The fourth-order valence-corrected chi connectivity index (χ4v) is 3.29. The van der Waals surface area contributed by atoms with Gasteiger partial charge in [-0.25, -0.2) is 0 Å². The Labute approximate surface area is 148 Å². The molecular weight excluding hydrogens is 312 g/mol. The van der Waals surface area contributed by atoms with Gasteiger partial charge in [-0.2, -0.15) is 0 Å². The molecule has 1 fully saturated rings. The molecule has 0 radical (unpaired) electrons. The number of benzene rings is 2. The Bertz CT molecular complexity index is 854. The third-order valence-electron chi connectivity index (χ3n) is 4.60. The fourth-order valence-electron chi connectivity index (χ4n) is 3.29.